The second-order valence-electron chi connectivity index (χ2n) is 8.16. The monoisotopic (exact) mass is 383 g/mol. The molecule has 0 radical (unpaired) electrons. The average molecular weight is 384 g/mol. The number of phenolic OH excluding ortho intramolecular Hbond substituents is 1. The Hall–Kier alpha value is -1.92. The number of amides is 1. The molecule has 1 amide bonds. The van der Waals surface area contributed by atoms with Crippen LogP contribution in [0.4, 0.5) is 0 Å². The van der Waals surface area contributed by atoms with Gasteiger partial charge >= 0.3 is 0 Å². The third-order valence-electron chi connectivity index (χ3n) is 6.65. The summed E-state index contributed by atoms with van der Waals surface area (Å²) in [6.07, 6.45) is 2.36. The number of carbonyl (C=O) groups is 1. The Morgan fingerprint density at radius 1 is 1.22 bits per heavy atom. The van der Waals surface area contributed by atoms with Crippen LogP contribution in [-0.2, 0) is 0 Å². The van der Waals surface area contributed by atoms with Crippen molar-refractivity contribution < 1.29 is 9.90 Å². The number of aromatic nitrogens is 1. The Morgan fingerprint density at radius 2 is 2.00 bits per heavy atom. The van der Waals surface area contributed by atoms with Crippen molar-refractivity contribution in [3.8, 4) is 5.75 Å². The molecule has 4 fully saturated rings. The Kier molecular flexibility index (Phi) is 4.02. The number of nitrogens with zero attached hydrogens (tertiary/aromatic N) is 3. The van der Waals surface area contributed by atoms with Crippen LogP contribution in [0, 0.1) is 19.8 Å². The van der Waals surface area contributed by atoms with E-state index in [1.54, 1.807) is 6.07 Å². The van der Waals surface area contributed by atoms with E-state index in [0.29, 0.717) is 17.7 Å². The van der Waals surface area contributed by atoms with Crippen LogP contribution in [0.2, 0.25) is 0 Å². The Balaban J connectivity index is 1.54. The highest BCUT2D eigenvalue weighted by Gasteiger charge is 2.55. The molecule has 5 nitrogen and oxygen atoms in total. The third kappa shape index (κ3) is 2.69. The van der Waals surface area contributed by atoms with Crippen LogP contribution in [0.3, 0.4) is 0 Å². The van der Waals surface area contributed by atoms with E-state index < -0.39 is 0 Å². The first-order chi connectivity index (χ1) is 13.0. The molecule has 0 aliphatic carbocycles. The standard InChI is InChI=1S/C21H25N3O2S/c1-12-20(27-13(2)22-12)21(26)24-11-17(15-4-3-5-16(25)10-15)19-18(24)14-6-8-23(19)9-7-14/h3-5,10,14,17-19,25H,6-9,11H2,1-2H3/t17-,18+,19+/m1/s1. The number of benzene rings is 1. The smallest absolute Gasteiger partial charge is 0.266 e. The van der Waals surface area contributed by atoms with Crippen molar-refractivity contribution in [3.05, 3.63) is 45.4 Å². The molecule has 1 aromatic carbocycles. The molecular weight excluding hydrogens is 358 g/mol. The van der Waals surface area contributed by atoms with Gasteiger partial charge < -0.3 is 10.0 Å². The van der Waals surface area contributed by atoms with Gasteiger partial charge in [-0.05, 0) is 63.4 Å². The summed E-state index contributed by atoms with van der Waals surface area (Å²) in [7, 11) is 0. The predicted molar refractivity (Wildman–Crippen MR) is 105 cm³/mol. The van der Waals surface area contributed by atoms with Crippen LogP contribution < -0.4 is 0 Å². The number of fused-ring (bicyclic) bond motifs is 2. The second kappa shape index (κ2) is 6.31. The van der Waals surface area contributed by atoms with Crippen molar-refractivity contribution in [2.45, 2.75) is 44.7 Å². The Labute approximate surface area is 163 Å². The Bertz CT molecular complexity index is 887. The third-order valence-corrected chi connectivity index (χ3v) is 7.71. The summed E-state index contributed by atoms with van der Waals surface area (Å²) in [6.45, 7) is 6.88. The minimum atomic E-state index is 0.143. The lowest BCUT2D eigenvalue weighted by Gasteiger charge is -2.51. The van der Waals surface area contributed by atoms with Crippen LogP contribution in [0.15, 0.2) is 24.3 Å². The van der Waals surface area contributed by atoms with Crippen molar-refractivity contribution in [3.63, 3.8) is 0 Å². The molecule has 0 unspecified atom stereocenters. The molecule has 5 heterocycles. The fourth-order valence-electron chi connectivity index (χ4n) is 5.56. The first-order valence-electron chi connectivity index (χ1n) is 9.81. The molecule has 3 atom stereocenters. The minimum Gasteiger partial charge on any atom is -0.508 e. The van der Waals surface area contributed by atoms with Crippen molar-refractivity contribution in [1.82, 2.24) is 14.8 Å². The van der Waals surface area contributed by atoms with E-state index in [1.807, 2.05) is 26.0 Å². The highest BCUT2D eigenvalue weighted by molar-refractivity contribution is 7.13. The number of hydrogen-bond acceptors (Lipinski definition) is 5. The number of hydrogen-bond donors (Lipinski definition) is 1. The molecule has 4 aliphatic rings. The van der Waals surface area contributed by atoms with E-state index in [4.69, 9.17) is 0 Å². The number of likely N-dealkylation sites (tertiary alicyclic amines) is 1. The van der Waals surface area contributed by atoms with E-state index >= 15 is 0 Å². The van der Waals surface area contributed by atoms with Crippen molar-refractivity contribution in [1.29, 1.82) is 0 Å². The van der Waals surface area contributed by atoms with Crippen molar-refractivity contribution in [2.24, 2.45) is 5.92 Å². The van der Waals surface area contributed by atoms with Gasteiger partial charge in [-0.1, -0.05) is 12.1 Å². The lowest BCUT2D eigenvalue weighted by Crippen LogP contribution is -2.60. The summed E-state index contributed by atoms with van der Waals surface area (Å²) in [4.78, 5) is 23.5. The topological polar surface area (TPSA) is 56.7 Å². The molecule has 1 N–H and O–H groups in total. The predicted octanol–water partition coefficient (Wildman–Crippen LogP) is 3.17. The highest BCUT2D eigenvalue weighted by Crippen LogP contribution is 2.47. The molecule has 2 aromatic rings. The summed E-state index contributed by atoms with van der Waals surface area (Å²) < 4.78 is 0. The maximum atomic E-state index is 13.5. The van der Waals surface area contributed by atoms with E-state index in [2.05, 4.69) is 20.9 Å². The van der Waals surface area contributed by atoms with E-state index in [0.717, 1.165) is 40.8 Å². The van der Waals surface area contributed by atoms with Crippen molar-refractivity contribution in [2.75, 3.05) is 19.6 Å². The van der Waals surface area contributed by atoms with Crippen LogP contribution in [0.5, 0.6) is 5.75 Å². The quantitative estimate of drug-likeness (QED) is 0.865. The van der Waals surface area contributed by atoms with E-state index in [-0.39, 0.29) is 17.9 Å². The van der Waals surface area contributed by atoms with Crippen LogP contribution in [0.25, 0.3) is 0 Å². The molecule has 2 bridgehead atoms. The average Bonchev–Trinajstić information content (AvgIpc) is 3.24. The van der Waals surface area contributed by atoms with Gasteiger partial charge in [0.15, 0.2) is 0 Å². The number of aryl methyl sites for hydroxylation is 2. The van der Waals surface area contributed by atoms with Gasteiger partial charge in [-0.25, -0.2) is 4.98 Å². The van der Waals surface area contributed by atoms with Crippen LogP contribution in [0.1, 0.15) is 44.7 Å². The molecule has 27 heavy (non-hydrogen) atoms. The first-order valence-corrected chi connectivity index (χ1v) is 10.6. The molecule has 0 saturated carbocycles. The second-order valence-corrected chi connectivity index (χ2v) is 9.36. The normalized spacial score (nSPS) is 31.9. The van der Waals surface area contributed by atoms with E-state index in [1.165, 1.54) is 24.2 Å². The largest absolute Gasteiger partial charge is 0.508 e. The molecule has 6 rings (SSSR count). The summed E-state index contributed by atoms with van der Waals surface area (Å²) in [5.74, 6) is 1.28. The molecule has 0 spiro atoms. The van der Waals surface area contributed by atoms with Gasteiger partial charge in [0, 0.05) is 18.5 Å². The van der Waals surface area contributed by atoms with Crippen LogP contribution >= 0.6 is 11.3 Å². The first kappa shape index (κ1) is 17.2. The zero-order valence-electron chi connectivity index (χ0n) is 15.8. The maximum Gasteiger partial charge on any atom is 0.266 e. The summed E-state index contributed by atoms with van der Waals surface area (Å²) in [6, 6.07) is 8.24. The zero-order chi connectivity index (χ0) is 18.7. The fourth-order valence-corrected chi connectivity index (χ4v) is 6.44. The van der Waals surface area contributed by atoms with Gasteiger partial charge in [0.1, 0.15) is 10.6 Å². The van der Waals surface area contributed by atoms with Crippen molar-refractivity contribution >= 4 is 17.2 Å². The Morgan fingerprint density at radius 3 is 2.67 bits per heavy atom. The zero-order valence-corrected chi connectivity index (χ0v) is 16.6. The van der Waals surface area contributed by atoms with Gasteiger partial charge in [0.25, 0.3) is 5.91 Å². The number of rotatable bonds is 2. The highest BCUT2D eigenvalue weighted by atomic mass is 32.1. The SMILES string of the molecule is Cc1nc(C)c(C(=O)N2C[C@H](c3cccc(O)c3)[C@H]3[C@@H]2C2CCN3CC2)s1. The summed E-state index contributed by atoms with van der Waals surface area (Å²) >= 11 is 1.51. The number of thiazole rings is 1. The van der Waals surface area contributed by atoms with Crippen LogP contribution in [-0.4, -0.2) is 57.5 Å². The summed E-state index contributed by atoms with van der Waals surface area (Å²) in [5.41, 5.74) is 1.99. The molecule has 142 valence electrons. The molecule has 6 heteroatoms. The maximum absolute atomic E-state index is 13.5. The van der Waals surface area contributed by atoms with E-state index in [9.17, 15) is 9.90 Å². The number of aromatic hydroxyl groups is 1. The van der Waals surface area contributed by atoms with Gasteiger partial charge in [-0.2, -0.15) is 0 Å². The fraction of sp³-hybridized carbons (Fsp3) is 0.524. The van der Waals surface area contributed by atoms with Gasteiger partial charge in [-0.15, -0.1) is 11.3 Å². The van der Waals surface area contributed by atoms with Gasteiger partial charge in [-0.3, -0.25) is 9.69 Å². The summed E-state index contributed by atoms with van der Waals surface area (Å²) in [5, 5.41) is 10.9. The van der Waals surface area contributed by atoms with Gasteiger partial charge in [0.05, 0.1) is 16.7 Å². The molecular formula is C21H25N3O2S. The van der Waals surface area contributed by atoms with Gasteiger partial charge in [0.2, 0.25) is 0 Å². The molecule has 1 aromatic heterocycles. The minimum absolute atomic E-state index is 0.143. The lowest BCUT2D eigenvalue weighted by atomic mass is 9.75. The molecule has 4 aliphatic heterocycles. The number of carbonyl (C=O) groups excluding carboxylic acids is 1. The number of piperidine rings is 3. The molecule has 4 saturated heterocycles. The number of phenols is 1. The lowest BCUT2D eigenvalue weighted by molar-refractivity contribution is -0.00329.